The van der Waals surface area contributed by atoms with E-state index in [-0.39, 0.29) is 0 Å². The second-order valence-electron chi connectivity index (χ2n) is 7.19. The highest BCUT2D eigenvalue weighted by atomic mass is 15.3. The van der Waals surface area contributed by atoms with Gasteiger partial charge in [0, 0.05) is 6.20 Å². The fourth-order valence-electron chi connectivity index (χ4n) is 3.90. The first-order valence-corrected chi connectivity index (χ1v) is 7.68. The first-order chi connectivity index (χ1) is 9.91. The lowest BCUT2D eigenvalue weighted by atomic mass is 10.0. The first-order valence-electron chi connectivity index (χ1n) is 7.68. The number of hydrogen-bond donors (Lipinski definition) is 1. The number of benzene rings is 1. The summed E-state index contributed by atoms with van der Waals surface area (Å²) in [6.07, 6.45) is 1.90. The second-order valence-corrected chi connectivity index (χ2v) is 7.19. The van der Waals surface area contributed by atoms with Crippen LogP contribution in [-0.2, 0) is 0 Å². The van der Waals surface area contributed by atoms with E-state index in [0.717, 1.165) is 5.69 Å². The summed E-state index contributed by atoms with van der Waals surface area (Å²) in [5.74, 6) is 0.606. The van der Waals surface area contributed by atoms with Crippen molar-refractivity contribution < 1.29 is 0 Å². The Morgan fingerprint density at radius 2 is 1.67 bits per heavy atom. The molecule has 1 heterocycles. The van der Waals surface area contributed by atoms with E-state index in [2.05, 4.69) is 80.2 Å². The third-order valence-corrected chi connectivity index (χ3v) is 5.77. The van der Waals surface area contributed by atoms with Gasteiger partial charge in [-0.1, -0.05) is 45.9 Å². The van der Waals surface area contributed by atoms with Gasteiger partial charge in [-0.3, -0.25) is 0 Å². The van der Waals surface area contributed by atoms with Gasteiger partial charge in [0.1, 0.15) is 0 Å². The van der Waals surface area contributed by atoms with E-state index < -0.39 is 0 Å². The molecule has 3 nitrogen and oxygen atoms in total. The largest absolute Gasteiger partial charge is 0.311 e. The second kappa shape index (κ2) is 4.70. The predicted molar refractivity (Wildman–Crippen MR) is 86.4 cm³/mol. The SMILES string of the molecule is CNC(c1ccnn1-c1ccccc1)C1C(C)(C)C1(C)C. The van der Waals surface area contributed by atoms with Crippen molar-refractivity contribution in [1.82, 2.24) is 15.1 Å². The zero-order chi connectivity index (χ0) is 15.3. The van der Waals surface area contributed by atoms with Gasteiger partial charge in [-0.15, -0.1) is 0 Å². The Morgan fingerprint density at radius 1 is 1.05 bits per heavy atom. The van der Waals surface area contributed by atoms with Crippen molar-refractivity contribution in [2.24, 2.45) is 16.7 Å². The molecule has 0 radical (unpaired) electrons. The molecular weight excluding hydrogens is 258 g/mol. The molecule has 1 unspecified atom stereocenters. The molecule has 0 aliphatic heterocycles. The maximum absolute atomic E-state index is 4.54. The van der Waals surface area contributed by atoms with Gasteiger partial charge in [0.15, 0.2) is 0 Å². The van der Waals surface area contributed by atoms with Crippen LogP contribution in [0.4, 0.5) is 0 Å². The van der Waals surface area contributed by atoms with Gasteiger partial charge in [0.05, 0.1) is 17.4 Å². The molecule has 0 spiro atoms. The number of nitrogens with one attached hydrogen (secondary N) is 1. The standard InChI is InChI=1S/C18H25N3/c1-17(2)16(18(17,3)4)15(19-5)14-11-12-20-21(14)13-9-7-6-8-10-13/h6-12,15-16,19H,1-5H3. The Bertz CT molecular complexity index is 611. The Labute approximate surface area is 127 Å². The summed E-state index contributed by atoms with van der Waals surface area (Å²) in [5, 5.41) is 8.06. The van der Waals surface area contributed by atoms with Gasteiger partial charge < -0.3 is 5.32 Å². The minimum atomic E-state index is 0.317. The summed E-state index contributed by atoms with van der Waals surface area (Å²) < 4.78 is 2.06. The van der Waals surface area contributed by atoms with Crippen molar-refractivity contribution in [3.63, 3.8) is 0 Å². The van der Waals surface area contributed by atoms with Gasteiger partial charge >= 0.3 is 0 Å². The molecule has 1 atom stereocenters. The van der Waals surface area contributed by atoms with Crippen LogP contribution in [0.5, 0.6) is 0 Å². The molecule has 1 aliphatic rings. The van der Waals surface area contributed by atoms with E-state index in [1.54, 1.807) is 0 Å². The summed E-state index contributed by atoms with van der Waals surface area (Å²) >= 11 is 0. The van der Waals surface area contributed by atoms with Crippen LogP contribution >= 0.6 is 0 Å². The van der Waals surface area contributed by atoms with Crippen LogP contribution in [0.2, 0.25) is 0 Å². The lowest BCUT2D eigenvalue weighted by Gasteiger charge is -2.20. The van der Waals surface area contributed by atoms with Crippen molar-refractivity contribution in [1.29, 1.82) is 0 Å². The highest BCUT2D eigenvalue weighted by Gasteiger charge is 2.67. The van der Waals surface area contributed by atoms with Crippen molar-refractivity contribution in [2.45, 2.75) is 33.7 Å². The zero-order valence-electron chi connectivity index (χ0n) is 13.6. The van der Waals surface area contributed by atoms with Gasteiger partial charge in [-0.25, -0.2) is 4.68 Å². The monoisotopic (exact) mass is 283 g/mol. The van der Waals surface area contributed by atoms with Crippen LogP contribution in [0, 0.1) is 16.7 Å². The van der Waals surface area contributed by atoms with E-state index in [0.29, 0.717) is 22.8 Å². The maximum Gasteiger partial charge on any atom is 0.0649 e. The summed E-state index contributed by atoms with van der Waals surface area (Å²) in [6, 6.07) is 12.8. The Morgan fingerprint density at radius 3 is 2.19 bits per heavy atom. The van der Waals surface area contributed by atoms with Gasteiger partial charge in [-0.2, -0.15) is 5.10 Å². The molecule has 1 fully saturated rings. The van der Waals surface area contributed by atoms with E-state index in [1.807, 2.05) is 12.3 Å². The van der Waals surface area contributed by atoms with Gasteiger partial charge in [0.2, 0.25) is 0 Å². The molecule has 112 valence electrons. The molecule has 1 aromatic heterocycles. The van der Waals surface area contributed by atoms with Crippen LogP contribution in [0.25, 0.3) is 5.69 Å². The molecule has 0 bridgehead atoms. The van der Waals surface area contributed by atoms with Crippen molar-refractivity contribution in [3.05, 3.63) is 48.3 Å². The highest BCUT2D eigenvalue weighted by molar-refractivity contribution is 5.34. The fourth-order valence-corrected chi connectivity index (χ4v) is 3.90. The summed E-state index contributed by atoms with van der Waals surface area (Å²) in [5.41, 5.74) is 3.04. The molecule has 1 aliphatic carbocycles. The molecule has 3 heteroatoms. The smallest absolute Gasteiger partial charge is 0.0649 e. The number of rotatable bonds is 4. The van der Waals surface area contributed by atoms with Crippen LogP contribution in [0.1, 0.15) is 39.4 Å². The average Bonchev–Trinajstić information content (AvgIpc) is 2.84. The van der Waals surface area contributed by atoms with Crippen LogP contribution in [0.3, 0.4) is 0 Å². The lowest BCUT2D eigenvalue weighted by molar-refractivity contribution is 0.421. The van der Waals surface area contributed by atoms with Gasteiger partial charge in [0.25, 0.3) is 0 Å². The normalized spacial score (nSPS) is 21.2. The number of aromatic nitrogens is 2. The Kier molecular flexibility index (Phi) is 3.21. The third kappa shape index (κ3) is 2.03. The molecule has 1 saturated carbocycles. The summed E-state index contributed by atoms with van der Waals surface area (Å²) in [7, 11) is 2.05. The lowest BCUT2D eigenvalue weighted by Crippen LogP contribution is -2.24. The van der Waals surface area contributed by atoms with Crippen molar-refractivity contribution in [2.75, 3.05) is 7.05 Å². The number of nitrogens with zero attached hydrogens (tertiary/aromatic N) is 2. The molecule has 0 saturated heterocycles. The molecule has 21 heavy (non-hydrogen) atoms. The minimum Gasteiger partial charge on any atom is -0.311 e. The number of para-hydroxylation sites is 1. The predicted octanol–water partition coefficient (Wildman–Crippen LogP) is 3.82. The fraction of sp³-hybridized carbons (Fsp3) is 0.500. The van der Waals surface area contributed by atoms with E-state index in [1.165, 1.54) is 5.69 Å². The molecule has 1 N–H and O–H groups in total. The molecule has 2 aromatic rings. The Balaban J connectivity index is 2.00. The van der Waals surface area contributed by atoms with Crippen LogP contribution < -0.4 is 5.32 Å². The summed E-state index contributed by atoms with van der Waals surface area (Å²) in [6.45, 7) is 9.47. The Hall–Kier alpha value is -1.61. The first kappa shape index (κ1) is 14.3. The highest BCUT2D eigenvalue weighted by Crippen LogP contribution is 2.72. The molecule has 1 aromatic carbocycles. The van der Waals surface area contributed by atoms with Gasteiger partial charge in [-0.05, 0) is 42.0 Å². The van der Waals surface area contributed by atoms with Crippen LogP contribution in [-0.4, -0.2) is 16.8 Å². The quantitative estimate of drug-likeness (QED) is 0.924. The zero-order valence-corrected chi connectivity index (χ0v) is 13.6. The molecule has 0 amide bonds. The van der Waals surface area contributed by atoms with E-state index in [9.17, 15) is 0 Å². The molecular formula is C18H25N3. The van der Waals surface area contributed by atoms with Crippen molar-refractivity contribution >= 4 is 0 Å². The average molecular weight is 283 g/mol. The van der Waals surface area contributed by atoms with Crippen molar-refractivity contribution in [3.8, 4) is 5.69 Å². The van der Waals surface area contributed by atoms with E-state index in [4.69, 9.17) is 0 Å². The minimum absolute atomic E-state index is 0.317. The number of hydrogen-bond acceptors (Lipinski definition) is 2. The van der Waals surface area contributed by atoms with Crippen LogP contribution in [0.15, 0.2) is 42.6 Å². The summed E-state index contributed by atoms with van der Waals surface area (Å²) in [4.78, 5) is 0. The van der Waals surface area contributed by atoms with E-state index >= 15 is 0 Å². The maximum atomic E-state index is 4.54. The molecule has 3 rings (SSSR count). The topological polar surface area (TPSA) is 29.9 Å². The third-order valence-electron chi connectivity index (χ3n) is 5.77.